The zero-order chi connectivity index (χ0) is 18.6. The van der Waals surface area contributed by atoms with Crippen LogP contribution in [-0.2, 0) is 9.47 Å². The predicted molar refractivity (Wildman–Crippen MR) is 132 cm³/mol. The lowest BCUT2D eigenvalue weighted by Crippen LogP contribution is -2.28. The molecule has 0 aliphatic carbocycles. The molecule has 0 aliphatic heterocycles. The molecule has 2 atom stereocenters. The van der Waals surface area contributed by atoms with E-state index in [4.69, 9.17) is 33.9 Å². The molecule has 142 valence electrons. The van der Waals surface area contributed by atoms with Crippen LogP contribution < -0.4 is 0 Å². The van der Waals surface area contributed by atoms with Gasteiger partial charge in [0.2, 0.25) is 8.77 Å². The average Bonchev–Trinajstić information content (AvgIpc) is 2.50. The lowest BCUT2D eigenvalue weighted by molar-refractivity contribution is 0.148. The van der Waals surface area contributed by atoms with Gasteiger partial charge < -0.3 is 9.47 Å². The maximum absolute atomic E-state index is 5.85. The number of ether oxygens (including phenoxy) is 2. The molecule has 0 radical (unpaired) electrons. The van der Waals surface area contributed by atoms with E-state index >= 15 is 0 Å². The Morgan fingerprint density at radius 2 is 1.12 bits per heavy atom. The first-order valence-electron chi connectivity index (χ1n) is 7.82. The highest BCUT2D eigenvalue weighted by Crippen LogP contribution is 2.56. The molecule has 0 aromatic heterocycles. The van der Waals surface area contributed by atoms with Crippen molar-refractivity contribution in [3.63, 3.8) is 0 Å². The van der Waals surface area contributed by atoms with Crippen LogP contribution in [0, 0.1) is 0 Å². The first-order chi connectivity index (χ1) is 11.3. The molecule has 0 fully saturated rings. The van der Waals surface area contributed by atoms with E-state index in [2.05, 4.69) is 53.0 Å². The Kier molecular flexibility index (Phi) is 15.1. The van der Waals surface area contributed by atoms with Crippen LogP contribution in [-0.4, -0.2) is 18.6 Å². The molecule has 0 bridgehead atoms. The second-order valence-electron chi connectivity index (χ2n) is 5.07. The van der Waals surface area contributed by atoms with Crippen LogP contribution in [0.15, 0.2) is 0 Å². The van der Waals surface area contributed by atoms with Gasteiger partial charge >= 0.3 is 0 Å². The Morgan fingerprint density at radius 3 is 1.33 bits per heavy atom. The molecular formula is C14H26O2S8. The fourth-order valence-electron chi connectivity index (χ4n) is 2.07. The number of rotatable bonds is 13. The van der Waals surface area contributed by atoms with Gasteiger partial charge in [-0.25, -0.2) is 0 Å². The summed E-state index contributed by atoms with van der Waals surface area (Å²) in [6.45, 7) is 8.52. The molecule has 2 nitrogen and oxygen atoms in total. The van der Waals surface area contributed by atoms with Crippen LogP contribution in [0.25, 0.3) is 0 Å². The third-order valence-corrected chi connectivity index (χ3v) is 11.2. The van der Waals surface area contributed by atoms with Crippen molar-refractivity contribution in [3.05, 3.63) is 0 Å². The molecule has 0 N–H and O–H groups in total. The van der Waals surface area contributed by atoms with Crippen molar-refractivity contribution >= 4 is 99.7 Å². The third-order valence-electron chi connectivity index (χ3n) is 3.29. The number of hydrogen-bond donors (Lipinski definition) is 2. The summed E-state index contributed by atoms with van der Waals surface area (Å²) in [5.74, 6) is 0. The first kappa shape index (κ1) is 25.9. The highest BCUT2D eigenvalue weighted by molar-refractivity contribution is 9.26. The molecule has 2 unspecified atom stereocenters. The lowest BCUT2D eigenvalue weighted by Gasteiger charge is -2.33. The van der Waals surface area contributed by atoms with Crippen molar-refractivity contribution in [3.8, 4) is 0 Å². The molecule has 0 aromatic carbocycles. The number of thiocarbonyl (C=S) groups is 2. The fraction of sp³-hybridized carbons (Fsp3) is 0.857. The molecule has 10 heteroatoms. The second kappa shape index (κ2) is 14.0. The van der Waals surface area contributed by atoms with Gasteiger partial charge in [-0.3, -0.25) is 0 Å². The molecule has 0 rings (SSSR count). The smallest absolute Gasteiger partial charge is 0.218 e. The minimum atomic E-state index is -0.328. The zero-order valence-corrected chi connectivity index (χ0v) is 21.1. The van der Waals surface area contributed by atoms with E-state index in [1.165, 1.54) is 0 Å². The summed E-state index contributed by atoms with van der Waals surface area (Å²) in [6.07, 6.45) is 5.66. The summed E-state index contributed by atoms with van der Waals surface area (Å²) in [7, 11) is 6.79. The standard InChI is InChI=1S/C14H26O2S8/c1-5-9-13(7-3,15-11(17)18)21-23-24-22-14(8-4,10-6-2)16-12(19)20/h5-10H2,1-4H3,(H,17,18)(H,19,20). The van der Waals surface area contributed by atoms with Crippen LogP contribution in [0.5, 0.6) is 0 Å². The summed E-state index contributed by atoms with van der Waals surface area (Å²) in [4.78, 5) is -0.656. The third kappa shape index (κ3) is 10.3. The highest BCUT2D eigenvalue weighted by Gasteiger charge is 2.34. The zero-order valence-electron chi connectivity index (χ0n) is 14.4. The van der Waals surface area contributed by atoms with Gasteiger partial charge in [0, 0.05) is 0 Å². The summed E-state index contributed by atoms with van der Waals surface area (Å²) in [5, 5.41) is 0. The van der Waals surface area contributed by atoms with Gasteiger partial charge in [-0.1, -0.05) is 65.8 Å². The van der Waals surface area contributed by atoms with Gasteiger partial charge in [-0.2, -0.15) is 0 Å². The van der Waals surface area contributed by atoms with Crippen LogP contribution in [0.4, 0.5) is 0 Å². The summed E-state index contributed by atoms with van der Waals surface area (Å²) in [6, 6.07) is 0. The second-order valence-corrected chi connectivity index (χ2v) is 13.6. The normalized spacial score (nSPS) is 16.1. The largest absolute Gasteiger partial charge is 0.460 e. The van der Waals surface area contributed by atoms with E-state index in [0.717, 1.165) is 38.5 Å². The Balaban J connectivity index is 4.71. The van der Waals surface area contributed by atoms with Crippen LogP contribution in [0.3, 0.4) is 0 Å². The quantitative estimate of drug-likeness (QED) is 0.0894. The minimum Gasteiger partial charge on any atom is -0.460 e. The molecule has 24 heavy (non-hydrogen) atoms. The SMILES string of the molecule is CCCC(CC)(OC(=S)S)SSSSC(CC)(CCC)OC(=S)S. The summed E-state index contributed by atoms with van der Waals surface area (Å²) >= 11 is 18.3. The Bertz CT molecular complexity index is 359. The van der Waals surface area contributed by atoms with Gasteiger partial charge in [0.1, 0.15) is 0 Å². The van der Waals surface area contributed by atoms with E-state index in [1.54, 1.807) is 41.2 Å². The topological polar surface area (TPSA) is 18.5 Å². The summed E-state index contributed by atoms with van der Waals surface area (Å²) in [5.41, 5.74) is 0. The summed E-state index contributed by atoms with van der Waals surface area (Å²) < 4.78 is 12.3. The van der Waals surface area contributed by atoms with Crippen molar-refractivity contribution in [2.75, 3.05) is 0 Å². The van der Waals surface area contributed by atoms with Gasteiger partial charge in [-0.15, -0.1) is 0 Å². The van der Waals surface area contributed by atoms with E-state index < -0.39 is 0 Å². The molecule has 0 aliphatic rings. The Labute approximate surface area is 183 Å². The molecule has 0 heterocycles. The maximum atomic E-state index is 5.85. The van der Waals surface area contributed by atoms with Crippen molar-refractivity contribution in [1.82, 2.24) is 0 Å². The molecule has 0 saturated carbocycles. The Hall–Kier alpha value is 1.88. The Morgan fingerprint density at radius 1 is 0.792 bits per heavy atom. The average molecular weight is 483 g/mol. The van der Waals surface area contributed by atoms with Crippen molar-refractivity contribution in [2.45, 2.75) is 76.1 Å². The van der Waals surface area contributed by atoms with Gasteiger partial charge in [0.15, 0.2) is 9.87 Å². The van der Waals surface area contributed by atoms with Gasteiger partial charge in [-0.05, 0) is 91.4 Å². The van der Waals surface area contributed by atoms with Crippen LogP contribution in [0.1, 0.15) is 66.2 Å². The van der Waals surface area contributed by atoms with E-state index in [9.17, 15) is 0 Å². The van der Waals surface area contributed by atoms with Gasteiger partial charge in [0.25, 0.3) is 0 Å². The van der Waals surface area contributed by atoms with Gasteiger partial charge in [0.05, 0.1) is 0 Å². The first-order valence-corrected chi connectivity index (χ1v) is 14.4. The van der Waals surface area contributed by atoms with Crippen molar-refractivity contribution < 1.29 is 9.47 Å². The fourth-order valence-corrected chi connectivity index (χ4v) is 10.9. The lowest BCUT2D eigenvalue weighted by atomic mass is 10.1. The van der Waals surface area contributed by atoms with Crippen molar-refractivity contribution in [2.24, 2.45) is 0 Å². The predicted octanol–water partition coefficient (Wildman–Crippen LogP) is 7.94. The van der Waals surface area contributed by atoms with E-state index in [0.29, 0.717) is 8.77 Å². The number of hydrogen-bond acceptors (Lipinski definition) is 8. The monoisotopic (exact) mass is 482 g/mol. The molecule has 0 saturated heterocycles. The highest BCUT2D eigenvalue weighted by atomic mass is 33.7. The minimum absolute atomic E-state index is 0.300. The van der Waals surface area contributed by atoms with Crippen molar-refractivity contribution in [1.29, 1.82) is 0 Å². The molecule has 0 amide bonds. The van der Waals surface area contributed by atoms with E-state index in [-0.39, 0.29) is 9.87 Å². The molecule has 0 spiro atoms. The van der Waals surface area contributed by atoms with E-state index in [1.807, 2.05) is 0 Å². The van der Waals surface area contributed by atoms with Crippen LogP contribution >= 0.6 is 90.9 Å². The molecule has 0 aromatic rings. The molecular weight excluding hydrogens is 457 g/mol. The maximum Gasteiger partial charge on any atom is 0.218 e. The number of thiol groups is 2. The van der Waals surface area contributed by atoms with Crippen LogP contribution in [0.2, 0.25) is 0 Å².